The van der Waals surface area contributed by atoms with Gasteiger partial charge in [0.1, 0.15) is 5.82 Å². The Morgan fingerprint density at radius 3 is 2.63 bits per heavy atom. The van der Waals surface area contributed by atoms with E-state index >= 15 is 0 Å². The predicted molar refractivity (Wildman–Crippen MR) is 108 cm³/mol. The molecule has 0 aliphatic rings. The minimum Gasteiger partial charge on any atom is -0.444 e. The maximum atomic E-state index is 12.3. The van der Waals surface area contributed by atoms with Gasteiger partial charge in [-0.05, 0) is 52.7 Å². The van der Waals surface area contributed by atoms with Crippen molar-refractivity contribution < 1.29 is 9.21 Å². The summed E-state index contributed by atoms with van der Waals surface area (Å²) in [6.45, 7) is 3.08. The number of aromatic nitrogens is 2. The minimum atomic E-state index is -0.269. The van der Waals surface area contributed by atoms with Crippen molar-refractivity contribution in [1.29, 1.82) is 0 Å². The summed E-state index contributed by atoms with van der Waals surface area (Å²) < 4.78 is 7.97. The standard InChI is InChI=1S/C21H18BrN3O2/c1-14-6-8-15(9-7-14)13-25-17-5-3-2-4-16(17)24-20(25)12-23-21(26)18-10-11-19(22)27-18/h2-11H,12-13H2,1H3,(H,23,26). The molecular weight excluding hydrogens is 406 g/mol. The smallest absolute Gasteiger partial charge is 0.287 e. The second-order valence-electron chi connectivity index (χ2n) is 6.37. The summed E-state index contributed by atoms with van der Waals surface area (Å²) in [7, 11) is 0. The molecule has 6 heteroatoms. The Labute approximate surface area is 165 Å². The van der Waals surface area contributed by atoms with E-state index in [1.165, 1.54) is 11.1 Å². The number of imidazole rings is 1. The van der Waals surface area contributed by atoms with E-state index < -0.39 is 0 Å². The molecule has 27 heavy (non-hydrogen) atoms. The molecule has 5 nitrogen and oxygen atoms in total. The highest BCUT2D eigenvalue weighted by atomic mass is 79.9. The van der Waals surface area contributed by atoms with Crippen molar-refractivity contribution in [3.63, 3.8) is 0 Å². The van der Waals surface area contributed by atoms with Crippen LogP contribution in [0.3, 0.4) is 0 Å². The van der Waals surface area contributed by atoms with E-state index in [0.29, 0.717) is 17.8 Å². The van der Waals surface area contributed by atoms with Gasteiger partial charge in [0, 0.05) is 6.54 Å². The molecule has 0 aliphatic heterocycles. The third-order valence-electron chi connectivity index (χ3n) is 4.40. The maximum Gasteiger partial charge on any atom is 0.287 e. The number of carbonyl (C=O) groups excluding carboxylic acids is 1. The highest BCUT2D eigenvalue weighted by Crippen LogP contribution is 2.19. The van der Waals surface area contributed by atoms with Gasteiger partial charge in [-0.1, -0.05) is 42.0 Å². The summed E-state index contributed by atoms with van der Waals surface area (Å²) in [5.41, 5.74) is 4.37. The van der Waals surface area contributed by atoms with Crippen molar-refractivity contribution in [2.75, 3.05) is 0 Å². The molecule has 2 aromatic carbocycles. The van der Waals surface area contributed by atoms with Gasteiger partial charge in [0.25, 0.3) is 5.91 Å². The van der Waals surface area contributed by atoms with Crippen LogP contribution in [0.25, 0.3) is 11.0 Å². The fraction of sp³-hybridized carbons (Fsp3) is 0.143. The van der Waals surface area contributed by atoms with E-state index in [-0.39, 0.29) is 11.7 Å². The molecule has 0 saturated heterocycles. The molecule has 4 rings (SSSR count). The third kappa shape index (κ3) is 3.80. The molecule has 0 atom stereocenters. The second kappa shape index (κ2) is 7.40. The van der Waals surface area contributed by atoms with E-state index in [2.05, 4.69) is 57.0 Å². The number of benzene rings is 2. The number of rotatable bonds is 5. The zero-order valence-corrected chi connectivity index (χ0v) is 16.4. The molecule has 136 valence electrons. The van der Waals surface area contributed by atoms with Crippen LogP contribution in [-0.2, 0) is 13.1 Å². The number of amides is 1. The summed E-state index contributed by atoms with van der Waals surface area (Å²) in [6.07, 6.45) is 0. The Morgan fingerprint density at radius 1 is 1.11 bits per heavy atom. The van der Waals surface area contributed by atoms with Gasteiger partial charge in [0.2, 0.25) is 0 Å². The number of nitrogens with zero attached hydrogens (tertiary/aromatic N) is 2. The van der Waals surface area contributed by atoms with Crippen LogP contribution in [0.1, 0.15) is 27.5 Å². The van der Waals surface area contributed by atoms with Gasteiger partial charge in [-0.3, -0.25) is 4.79 Å². The molecule has 0 saturated carbocycles. The number of hydrogen-bond donors (Lipinski definition) is 1. The van der Waals surface area contributed by atoms with Crippen molar-refractivity contribution in [1.82, 2.24) is 14.9 Å². The fourth-order valence-corrected chi connectivity index (χ4v) is 3.30. The first-order valence-electron chi connectivity index (χ1n) is 8.63. The third-order valence-corrected chi connectivity index (χ3v) is 4.83. The Hall–Kier alpha value is -2.86. The lowest BCUT2D eigenvalue weighted by molar-refractivity contribution is 0.0920. The van der Waals surface area contributed by atoms with Gasteiger partial charge in [-0.15, -0.1) is 0 Å². The number of aryl methyl sites for hydroxylation is 1. The van der Waals surface area contributed by atoms with Gasteiger partial charge in [-0.2, -0.15) is 0 Å². The van der Waals surface area contributed by atoms with Gasteiger partial charge >= 0.3 is 0 Å². The zero-order chi connectivity index (χ0) is 18.8. The molecule has 0 radical (unpaired) electrons. The van der Waals surface area contributed by atoms with E-state index in [1.807, 2.05) is 24.3 Å². The number of nitrogens with one attached hydrogen (secondary N) is 1. The topological polar surface area (TPSA) is 60.1 Å². The average Bonchev–Trinajstić information content (AvgIpc) is 3.26. The molecule has 0 spiro atoms. The van der Waals surface area contributed by atoms with Crippen LogP contribution < -0.4 is 5.32 Å². The van der Waals surface area contributed by atoms with E-state index in [0.717, 1.165) is 16.9 Å². The Morgan fingerprint density at radius 2 is 1.89 bits per heavy atom. The number of para-hydroxylation sites is 2. The molecule has 2 aromatic heterocycles. The Kier molecular flexibility index (Phi) is 4.81. The van der Waals surface area contributed by atoms with Crippen LogP contribution in [-0.4, -0.2) is 15.5 Å². The van der Waals surface area contributed by atoms with E-state index in [9.17, 15) is 4.79 Å². The Bertz CT molecular complexity index is 1100. The van der Waals surface area contributed by atoms with Crippen LogP contribution in [0.2, 0.25) is 0 Å². The predicted octanol–water partition coefficient (Wildman–Crippen LogP) is 4.68. The average molecular weight is 424 g/mol. The maximum absolute atomic E-state index is 12.3. The number of carbonyl (C=O) groups is 1. The van der Waals surface area contributed by atoms with Crippen LogP contribution >= 0.6 is 15.9 Å². The lowest BCUT2D eigenvalue weighted by atomic mass is 10.1. The first kappa shape index (κ1) is 17.5. The quantitative estimate of drug-likeness (QED) is 0.506. The number of fused-ring (bicyclic) bond motifs is 1. The first-order chi connectivity index (χ1) is 13.1. The monoisotopic (exact) mass is 423 g/mol. The highest BCUT2D eigenvalue weighted by molar-refractivity contribution is 9.10. The van der Waals surface area contributed by atoms with Gasteiger partial charge < -0.3 is 14.3 Å². The van der Waals surface area contributed by atoms with Crippen LogP contribution in [0.4, 0.5) is 0 Å². The van der Waals surface area contributed by atoms with Crippen molar-refractivity contribution in [2.24, 2.45) is 0 Å². The van der Waals surface area contributed by atoms with Crippen LogP contribution in [0, 0.1) is 6.92 Å². The van der Waals surface area contributed by atoms with Crippen molar-refractivity contribution in [3.05, 3.63) is 88.0 Å². The van der Waals surface area contributed by atoms with Crippen LogP contribution in [0.15, 0.2) is 69.8 Å². The summed E-state index contributed by atoms with van der Waals surface area (Å²) in [6, 6.07) is 19.8. The molecule has 0 bridgehead atoms. The van der Waals surface area contributed by atoms with Gasteiger partial charge in [-0.25, -0.2) is 4.98 Å². The largest absolute Gasteiger partial charge is 0.444 e. The van der Waals surface area contributed by atoms with Gasteiger partial charge in [0.05, 0.1) is 17.6 Å². The normalized spacial score (nSPS) is 11.0. The molecule has 1 amide bonds. The van der Waals surface area contributed by atoms with Crippen molar-refractivity contribution in [3.8, 4) is 0 Å². The van der Waals surface area contributed by atoms with Crippen LogP contribution in [0.5, 0.6) is 0 Å². The number of furan rings is 1. The highest BCUT2D eigenvalue weighted by Gasteiger charge is 2.14. The molecule has 1 N–H and O–H groups in total. The molecule has 0 unspecified atom stereocenters. The fourth-order valence-electron chi connectivity index (χ4n) is 3.00. The second-order valence-corrected chi connectivity index (χ2v) is 7.16. The summed E-state index contributed by atoms with van der Waals surface area (Å²) in [4.78, 5) is 17.0. The lowest BCUT2D eigenvalue weighted by Gasteiger charge is -2.10. The molecule has 2 heterocycles. The molecular formula is C21H18BrN3O2. The molecule has 0 fully saturated rings. The lowest BCUT2D eigenvalue weighted by Crippen LogP contribution is -2.24. The zero-order valence-electron chi connectivity index (χ0n) is 14.8. The SMILES string of the molecule is Cc1ccc(Cn2c(CNC(=O)c3ccc(Br)o3)nc3ccccc32)cc1. The molecule has 4 aromatic rings. The summed E-state index contributed by atoms with van der Waals surface area (Å²) in [5.74, 6) is 0.799. The minimum absolute atomic E-state index is 0.267. The summed E-state index contributed by atoms with van der Waals surface area (Å²) >= 11 is 3.21. The van der Waals surface area contributed by atoms with Crippen molar-refractivity contribution in [2.45, 2.75) is 20.0 Å². The Balaban J connectivity index is 1.61. The number of halogens is 1. The molecule has 0 aliphatic carbocycles. The first-order valence-corrected chi connectivity index (χ1v) is 9.43. The number of hydrogen-bond acceptors (Lipinski definition) is 3. The van der Waals surface area contributed by atoms with Gasteiger partial charge in [0.15, 0.2) is 10.4 Å². The van der Waals surface area contributed by atoms with Crippen molar-refractivity contribution >= 4 is 32.9 Å². The van der Waals surface area contributed by atoms with E-state index in [4.69, 9.17) is 9.40 Å². The summed E-state index contributed by atoms with van der Waals surface area (Å²) in [5, 5.41) is 2.89. The van der Waals surface area contributed by atoms with E-state index in [1.54, 1.807) is 12.1 Å².